The van der Waals surface area contributed by atoms with Crippen LogP contribution in [-0.4, -0.2) is 72.7 Å². The Hall–Kier alpha value is -1.44. The van der Waals surface area contributed by atoms with Crippen LogP contribution in [0.1, 0.15) is 23.2 Å². The summed E-state index contributed by atoms with van der Waals surface area (Å²) in [7, 11) is 1.81. The zero-order valence-corrected chi connectivity index (χ0v) is 14.9. The highest BCUT2D eigenvalue weighted by Crippen LogP contribution is 2.34. The Morgan fingerprint density at radius 1 is 1.40 bits per heavy atom. The van der Waals surface area contributed by atoms with Crippen molar-refractivity contribution in [2.24, 2.45) is 24.8 Å². The third-order valence-corrected chi connectivity index (χ3v) is 5.86. The van der Waals surface area contributed by atoms with Crippen molar-refractivity contribution >= 4 is 5.91 Å². The molecule has 1 aromatic heterocycles. The first kappa shape index (κ1) is 17.0. The smallest absolute Gasteiger partial charge is 0.254 e. The molecule has 1 aromatic rings. The number of rotatable bonds is 5. The van der Waals surface area contributed by atoms with Crippen molar-refractivity contribution in [1.29, 1.82) is 0 Å². The zero-order chi connectivity index (χ0) is 17.2. The predicted molar refractivity (Wildman–Crippen MR) is 92.2 cm³/mol. The average Bonchev–Trinajstić information content (AvgIpc) is 3.34. The van der Waals surface area contributed by atoms with Gasteiger partial charge in [-0.05, 0) is 31.2 Å². The molecule has 0 saturated carbocycles. The molecule has 25 heavy (non-hydrogen) atoms. The van der Waals surface area contributed by atoms with Gasteiger partial charge in [-0.1, -0.05) is 0 Å². The Balaban J connectivity index is 1.29. The second kappa shape index (κ2) is 7.43. The van der Waals surface area contributed by atoms with Crippen LogP contribution in [0.4, 0.5) is 0 Å². The molecule has 3 saturated heterocycles. The van der Waals surface area contributed by atoms with Crippen LogP contribution in [0.15, 0.2) is 12.4 Å². The van der Waals surface area contributed by atoms with Crippen molar-refractivity contribution in [3.05, 3.63) is 18.0 Å². The van der Waals surface area contributed by atoms with Gasteiger partial charge in [-0.25, -0.2) is 0 Å². The number of fused-ring (bicyclic) bond motifs is 1. The van der Waals surface area contributed by atoms with Crippen molar-refractivity contribution < 1.29 is 14.3 Å². The van der Waals surface area contributed by atoms with Gasteiger partial charge in [-0.15, -0.1) is 0 Å². The summed E-state index contributed by atoms with van der Waals surface area (Å²) < 4.78 is 13.2. The number of hydrogen-bond acceptors (Lipinski definition) is 5. The SMILES string of the molecule is Cn1cc(C(=O)NC[C@@H]2OC[C@H]3CCN(CC4CCOC4)C[C@H]32)cn1. The lowest BCUT2D eigenvalue weighted by molar-refractivity contribution is 0.0652. The number of ether oxygens (including phenoxy) is 2. The molecule has 7 heteroatoms. The van der Waals surface area contributed by atoms with Crippen LogP contribution in [0.2, 0.25) is 0 Å². The second-order valence-corrected chi connectivity index (χ2v) is 7.69. The van der Waals surface area contributed by atoms with E-state index < -0.39 is 0 Å². The number of nitrogens with zero attached hydrogens (tertiary/aromatic N) is 3. The Labute approximate surface area is 148 Å². The monoisotopic (exact) mass is 348 g/mol. The van der Waals surface area contributed by atoms with E-state index in [9.17, 15) is 4.79 Å². The molecule has 0 radical (unpaired) electrons. The molecular formula is C18H28N4O3. The molecule has 7 nitrogen and oxygen atoms in total. The van der Waals surface area contributed by atoms with Crippen LogP contribution < -0.4 is 5.32 Å². The molecule has 3 fully saturated rings. The topological polar surface area (TPSA) is 68.6 Å². The molecule has 0 bridgehead atoms. The number of carbonyl (C=O) groups is 1. The number of nitrogens with one attached hydrogen (secondary N) is 1. The van der Waals surface area contributed by atoms with E-state index in [-0.39, 0.29) is 12.0 Å². The zero-order valence-electron chi connectivity index (χ0n) is 14.9. The maximum absolute atomic E-state index is 12.2. The molecule has 1 N–H and O–H groups in total. The third-order valence-electron chi connectivity index (χ3n) is 5.86. The Morgan fingerprint density at radius 3 is 3.08 bits per heavy atom. The van der Waals surface area contributed by atoms with Gasteiger partial charge in [-0.3, -0.25) is 9.48 Å². The molecule has 3 aliphatic rings. The minimum atomic E-state index is -0.0732. The van der Waals surface area contributed by atoms with E-state index in [4.69, 9.17) is 9.47 Å². The fourth-order valence-corrected chi connectivity index (χ4v) is 4.40. The molecule has 0 spiro atoms. The minimum Gasteiger partial charge on any atom is -0.381 e. The largest absolute Gasteiger partial charge is 0.381 e. The lowest BCUT2D eigenvalue weighted by atomic mass is 9.84. The molecule has 4 heterocycles. The van der Waals surface area contributed by atoms with Crippen molar-refractivity contribution in [2.45, 2.75) is 18.9 Å². The highest BCUT2D eigenvalue weighted by Gasteiger charge is 2.41. The van der Waals surface area contributed by atoms with Gasteiger partial charge >= 0.3 is 0 Å². The van der Waals surface area contributed by atoms with Crippen LogP contribution in [-0.2, 0) is 16.5 Å². The van der Waals surface area contributed by atoms with Gasteiger partial charge in [-0.2, -0.15) is 5.10 Å². The van der Waals surface area contributed by atoms with Crippen LogP contribution in [0.5, 0.6) is 0 Å². The summed E-state index contributed by atoms with van der Waals surface area (Å²) in [5, 5.41) is 7.07. The molecule has 3 aliphatic heterocycles. The van der Waals surface area contributed by atoms with Gasteiger partial charge < -0.3 is 19.7 Å². The number of aromatic nitrogens is 2. The van der Waals surface area contributed by atoms with E-state index in [0.717, 1.165) is 39.5 Å². The number of carbonyl (C=O) groups excluding carboxylic acids is 1. The highest BCUT2D eigenvalue weighted by atomic mass is 16.5. The number of piperidine rings is 1. The summed E-state index contributed by atoms with van der Waals surface area (Å²) in [6.45, 7) is 6.61. The lowest BCUT2D eigenvalue weighted by Gasteiger charge is -2.37. The molecule has 138 valence electrons. The van der Waals surface area contributed by atoms with Crippen LogP contribution in [0, 0.1) is 17.8 Å². The molecule has 0 aromatic carbocycles. The maximum Gasteiger partial charge on any atom is 0.254 e. The number of hydrogen-bond donors (Lipinski definition) is 1. The maximum atomic E-state index is 12.2. The first-order valence-corrected chi connectivity index (χ1v) is 9.37. The summed E-state index contributed by atoms with van der Waals surface area (Å²) >= 11 is 0. The molecule has 4 rings (SSSR count). The quantitative estimate of drug-likeness (QED) is 0.840. The fraction of sp³-hybridized carbons (Fsp3) is 0.778. The van der Waals surface area contributed by atoms with Gasteiger partial charge in [0.1, 0.15) is 0 Å². The van der Waals surface area contributed by atoms with E-state index in [1.165, 1.54) is 12.8 Å². The summed E-state index contributed by atoms with van der Waals surface area (Å²) in [5.74, 6) is 1.76. The first-order chi connectivity index (χ1) is 12.2. The van der Waals surface area contributed by atoms with Crippen LogP contribution >= 0.6 is 0 Å². The average molecular weight is 348 g/mol. The molecular weight excluding hydrogens is 320 g/mol. The van der Waals surface area contributed by atoms with Crippen molar-refractivity contribution in [3.63, 3.8) is 0 Å². The Kier molecular flexibility index (Phi) is 5.05. The van der Waals surface area contributed by atoms with Gasteiger partial charge in [0.2, 0.25) is 0 Å². The molecule has 4 atom stereocenters. The van der Waals surface area contributed by atoms with Crippen LogP contribution in [0.25, 0.3) is 0 Å². The second-order valence-electron chi connectivity index (χ2n) is 7.69. The van der Waals surface area contributed by atoms with Crippen molar-refractivity contribution in [3.8, 4) is 0 Å². The van der Waals surface area contributed by atoms with Gasteiger partial charge in [0.05, 0.1) is 31.1 Å². The number of likely N-dealkylation sites (tertiary alicyclic amines) is 1. The van der Waals surface area contributed by atoms with E-state index in [1.807, 2.05) is 7.05 Å². The van der Waals surface area contributed by atoms with E-state index >= 15 is 0 Å². The standard InChI is InChI=1S/C18H28N4O3/c1-21-9-15(6-20-21)18(23)19-7-17-16-10-22(4-2-14(16)12-25-17)8-13-3-5-24-11-13/h6,9,13-14,16-17H,2-5,7-8,10-12H2,1H3,(H,19,23)/t13?,14-,16-,17+/m1/s1. The summed E-state index contributed by atoms with van der Waals surface area (Å²) in [6.07, 6.45) is 5.84. The lowest BCUT2D eigenvalue weighted by Crippen LogP contribution is -2.46. The Morgan fingerprint density at radius 2 is 2.32 bits per heavy atom. The van der Waals surface area contributed by atoms with Crippen molar-refractivity contribution in [2.75, 3.05) is 46.0 Å². The Bertz CT molecular complexity index is 599. The molecule has 1 unspecified atom stereocenters. The van der Waals surface area contributed by atoms with E-state index in [0.29, 0.717) is 29.9 Å². The van der Waals surface area contributed by atoms with Gasteiger partial charge in [0, 0.05) is 45.4 Å². The minimum absolute atomic E-state index is 0.0732. The third kappa shape index (κ3) is 3.88. The van der Waals surface area contributed by atoms with Gasteiger partial charge in [0.15, 0.2) is 0 Å². The summed E-state index contributed by atoms with van der Waals surface area (Å²) in [6, 6.07) is 0. The number of aryl methyl sites for hydroxylation is 1. The number of amides is 1. The summed E-state index contributed by atoms with van der Waals surface area (Å²) in [4.78, 5) is 14.8. The normalized spacial score (nSPS) is 32.7. The predicted octanol–water partition coefficient (Wildman–Crippen LogP) is 0.523. The van der Waals surface area contributed by atoms with Crippen LogP contribution in [0.3, 0.4) is 0 Å². The van der Waals surface area contributed by atoms with Gasteiger partial charge in [0.25, 0.3) is 5.91 Å². The molecule has 0 aliphatic carbocycles. The van der Waals surface area contributed by atoms with E-state index in [1.54, 1.807) is 17.1 Å². The highest BCUT2D eigenvalue weighted by molar-refractivity contribution is 5.93. The molecule has 1 amide bonds. The van der Waals surface area contributed by atoms with Crippen molar-refractivity contribution in [1.82, 2.24) is 20.0 Å². The fourth-order valence-electron chi connectivity index (χ4n) is 4.40. The van der Waals surface area contributed by atoms with E-state index in [2.05, 4.69) is 15.3 Å². The summed E-state index contributed by atoms with van der Waals surface area (Å²) in [5.41, 5.74) is 0.601. The first-order valence-electron chi connectivity index (χ1n) is 9.37.